The number of hydrogen-bond acceptors (Lipinski definition) is 2. The molecule has 3 nitrogen and oxygen atoms in total. The molecule has 0 unspecified atom stereocenters. The van der Waals surface area contributed by atoms with Gasteiger partial charge in [0.25, 0.3) is 0 Å². The van der Waals surface area contributed by atoms with Crippen molar-refractivity contribution in [2.24, 2.45) is 0 Å². The van der Waals surface area contributed by atoms with Crippen LogP contribution in [0.4, 0.5) is 13.2 Å². The van der Waals surface area contributed by atoms with E-state index in [1.165, 1.54) is 13.8 Å². The molecule has 96 valence electrons. The molecule has 0 amide bonds. The third kappa shape index (κ3) is 2.80. The quantitative estimate of drug-likeness (QED) is 0.884. The molecule has 0 aromatic heterocycles. The molecule has 0 aliphatic heterocycles. The minimum absolute atomic E-state index is 0.0252. The van der Waals surface area contributed by atoms with Gasteiger partial charge in [-0.1, -0.05) is 0 Å². The number of halogens is 3. The van der Waals surface area contributed by atoms with Crippen LogP contribution < -0.4 is 0 Å². The van der Waals surface area contributed by atoms with Crippen molar-refractivity contribution in [3.63, 3.8) is 0 Å². The van der Waals surface area contributed by atoms with Gasteiger partial charge in [-0.3, -0.25) is 0 Å². The van der Waals surface area contributed by atoms with E-state index >= 15 is 0 Å². The Morgan fingerprint density at radius 2 is 1.72 bits per heavy atom. The standard InChI is InChI=1S/C12H10F3NO2/c1-11(2,6-16)8-3-7(10(17)18)4-9(5-8)12(13,14)15/h3-5H,1-2H3,(H,17,18). The number of nitrogens with zero attached hydrogens (tertiary/aromatic N) is 1. The molecule has 0 radical (unpaired) electrons. The number of nitriles is 1. The average molecular weight is 257 g/mol. The molecule has 0 bridgehead atoms. The summed E-state index contributed by atoms with van der Waals surface area (Å²) in [5.74, 6) is -1.46. The highest BCUT2D eigenvalue weighted by Gasteiger charge is 2.33. The Morgan fingerprint density at radius 1 is 1.22 bits per heavy atom. The first-order valence-electron chi connectivity index (χ1n) is 4.95. The van der Waals surface area contributed by atoms with E-state index in [9.17, 15) is 18.0 Å². The summed E-state index contributed by atoms with van der Waals surface area (Å²) in [5, 5.41) is 17.7. The summed E-state index contributed by atoms with van der Waals surface area (Å²) < 4.78 is 37.9. The number of hydrogen-bond donors (Lipinski definition) is 1. The first kappa shape index (κ1) is 14.0. The molecule has 0 heterocycles. The number of carboxylic acids is 1. The summed E-state index contributed by atoms with van der Waals surface area (Å²) in [4.78, 5) is 10.8. The van der Waals surface area contributed by atoms with Crippen LogP contribution in [0, 0.1) is 11.3 Å². The van der Waals surface area contributed by atoms with Gasteiger partial charge in [0.15, 0.2) is 0 Å². The van der Waals surface area contributed by atoms with Crippen molar-refractivity contribution in [3.8, 4) is 6.07 Å². The fraction of sp³-hybridized carbons (Fsp3) is 0.333. The Kier molecular flexibility index (Phi) is 3.38. The molecular formula is C12H10F3NO2. The lowest BCUT2D eigenvalue weighted by Gasteiger charge is -2.18. The Labute approximate surface area is 101 Å². The SMILES string of the molecule is CC(C)(C#N)c1cc(C(=O)O)cc(C(F)(F)F)c1. The van der Waals surface area contributed by atoms with Gasteiger partial charge >= 0.3 is 12.1 Å². The molecule has 0 aliphatic carbocycles. The Bertz CT molecular complexity index is 527. The molecule has 18 heavy (non-hydrogen) atoms. The fourth-order valence-corrected chi connectivity index (χ4v) is 1.34. The number of carbonyl (C=O) groups is 1. The second kappa shape index (κ2) is 4.33. The number of alkyl halides is 3. The normalized spacial score (nSPS) is 12.0. The Balaban J connectivity index is 3.52. The van der Waals surface area contributed by atoms with Crippen molar-refractivity contribution in [2.75, 3.05) is 0 Å². The van der Waals surface area contributed by atoms with E-state index in [-0.39, 0.29) is 5.56 Å². The maximum atomic E-state index is 12.6. The molecular weight excluding hydrogens is 247 g/mol. The van der Waals surface area contributed by atoms with Gasteiger partial charge in [0.1, 0.15) is 0 Å². The minimum atomic E-state index is -4.65. The van der Waals surface area contributed by atoms with Gasteiger partial charge in [0.05, 0.1) is 22.6 Å². The Morgan fingerprint density at radius 3 is 2.11 bits per heavy atom. The monoisotopic (exact) mass is 257 g/mol. The largest absolute Gasteiger partial charge is 0.478 e. The van der Waals surface area contributed by atoms with E-state index in [4.69, 9.17) is 10.4 Å². The summed E-state index contributed by atoms with van der Waals surface area (Å²) in [7, 11) is 0. The molecule has 0 spiro atoms. The average Bonchev–Trinajstić information content (AvgIpc) is 2.27. The van der Waals surface area contributed by atoms with Crippen LogP contribution in [0.1, 0.15) is 35.3 Å². The summed E-state index contributed by atoms with van der Waals surface area (Å²) >= 11 is 0. The lowest BCUT2D eigenvalue weighted by atomic mass is 9.84. The highest BCUT2D eigenvalue weighted by molar-refractivity contribution is 5.88. The number of carboxylic acid groups (broad SMARTS) is 1. The minimum Gasteiger partial charge on any atom is -0.478 e. The van der Waals surface area contributed by atoms with Gasteiger partial charge in [-0.25, -0.2) is 4.79 Å². The van der Waals surface area contributed by atoms with Crippen LogP contribution in [0.15, 0.2) is 18.2 Å². The van der Waals surface area contributed by atoms with Crippen molar-refractivity contribution in [1.29, 1.82) is 5.26 Å². The number of benzene rings is 1. The molecule has 0 fully saturated rings. The third-order valence-electron chi connectivity index (χ3n) is 2.51. The zero-order chi connectivity index (χ0) is 14.1. The van der Waals surface area contributed by atoms with Crippen LogP contribution in [0.25, 0.3) is 0 Å². The molecule has 0 saturated carbocycles. The molecule has 0 atom stereocenters. The molecule has 0 saturated heterocycles. The van der Waals surface area contributed by atoms with Crippen molar-refractivity contribution < 1.29 is 23.1 Å². The van der Waals surface area contributed by atoms with E-state index in [0.717, 1.165) is 12.1 Å². The van der Waals surface area contributed by atoms with Gasteiger partial charge in [-0.15, -0.1) is 0 Å². The third-order valence-corrected chi connectivity index (χ3v) is 2.51. The summed E-state index contributed by atoms with van der Waals surface area (Å²) in [6.45, 7) is 2.85. The second-order valence-electron chi connectivity index (χ2n) is 4.34. The molecule has 0 aliphatic rings. The highest BCUT2D eigenvalue weighted by Crippen LogP contribution is 2.33. The van der Waals surface area contributed by atoms with Crippen LogP contribution in [0.5, 0.6) is 0 Å². The van der Waals surface area contributed by atoms with Crippen molar-refractivity contribution in [1.82, 2.24) is 0 Å². The lowest BCUT2D eigenvalue weighted by Crippen LogP contribution is -2.17. The zero-order valence-electron chi connectivity index (χ0n) is 9.67. The van der Waals surface area contributed by atoms with E-state index in [0.29, 0.717) is 6.07 Å². The first-order valence-corrected chi connectivity index (χ1v) is 4.95. The van der Waals surface area contributed by atoms with Crippen molar-refractivity contribution >= 4 is 5.97 Å². The predicted octanol–water partition coefficient (Wildman–Crippen LogP) is 3.20. The van der Waals surface area contributed by atoms with Gasteiger partial charge in [0.2, 0.25) is 0 Å². The van der Waals surface area contributed by atoms with Crippen molar-refractivity contribution in [2.45, 2.75) is 25.4 Å². The molecule has 1 aromatic rings. The van der Waals surface area contributed by atoms with Gasteiger partial charge in [-0.05, 0) is 37.6 Å². The van der Waals surface area contributed by atoms with Crippen LogP contribution in [-0.2, 0) is 11.6 Å². The maximum absolute atomic E-state index is 12.6. The summed E-state index contributed by atoms with van der Waals surface area (Å²) in [5.41, 5.74) is -2.72. The summed E-state index contributed by atoms with van der Waals surface area (Å²) in [6.07, 6.45) is -4.65. The van der Waals surface area contributed by atoms with E-state index in [1.807, 2.05) is 6.07 Å². The van der Waals surface area contributed by atoms with Crippen LogP contribution in [0.3, 0.4) is 0 Å². The highest BCUT2D eigenvalue weighted by atomic mass is 19.4. The summed E-state index contributed by atoms with van der Waals surface area (Å²) in [6, 6.07) is 4.28. The Hall–Kier alpha value is -2.03. The number of aromatic carboxylic acids is 1. The predicted molar refractivity (Wildman–Crippen MR) is 57.0 cm³/mol. The second-order valence-corrected chi connectivity index (χ2v) is 4.34. The zero-order valence-corrected chi connectivity index (χ0v) is 9.67. The molecule has 6 heteroatoms. The van der Waals surface area contributed by atoms with Crippen LogP contribution >= 0.6 is 0 Å². The van der Waals surface area contributed by atoms with Crippen LogP contribution in [-0.4, -0.2) is 11.1 Å². The number of rotatable bonds is 2. The van der Waals surface area contributed by atoms with E-state index in [1.54, 1.807) is 0 Å². The van der Waals surface area contributed by atoms with Crippen molar-refractivity contribution in [3.05, 3.63) is 34.9 Å². The van der Waals surface area contributed by atoms with Crippen LogP contribution in [0.2, 0.25) is 0 Å². The topological polar surface area (TPSA) is 61.1 Å². The van der Waals surface area contributed by atoms with Gasteiger partial charge < -0.3 is 5.11 Å². The maximum Gasteiger partial charge on any atom is 0.416 e. The fourth-order valence-electron chi connectivity index (χ4n) is 1.34. The molecule has 1 rings (SSSR count). The molecule has 1 aromatic carbocycles. The van der Waals surface area contributed by atoms with Gasteiger partial charge in [0, 0.05) is 0 Å². The lowest BCUT2D eigenvalue weighted by molar-refractivity contribution is -0.137. The first-order chi connectivity index (χ1) is 8.08. The van der Waals surface area contributed by atoms with Gasteiger partial charge in [-0.2, -0.15) is 18.4 Å². The smallest absolute Gasteiger partial charge is 0.416 e. The van der Waals surface area contributed by atoms with E-state index < -0.39 is 28.7 Å². The van der Waals surface area contributed by atoms with E-state index in [2.05, 4.69) is 0 Å². The molecule has 1 N–H and O–H groups in total.